The summed E-state index contributed by atoms with van der Waals surface area (Å²) in [5.41, 5.74) is 7.70. The molecule has 0 unspecified atom stereocenters. The SMILES string of the molecule is CN1CCN(NC(=O)c2cc(N)ncc2[N+](=O)[O-])CC1. The van der Waals surface area contributed by atoms with Crippen LogP contribution >= 0.6 is 0 Å². The standard InChI is InChI=1S/C11H16N6O3/c1-15-2-4-16(5-3-15)14-11(18)8-6-10(12)13-7-9(8)17(19)20/h6-7H,2-5H2,1H3,(H2,12,13)(H,14,18). The fourth-order valence-electron chi connectivity index (χ4n) is 1.91. The molecule has 1 amide bonds. The van der Waals surface area contributed by atoms with Crippen molar-refractivity contribution in [2.45, 2.75) is 0 Å². The zero-order valence-electron chi connectivity index (χ0n) is 11.1. The number of nitrogen functional groups attached to an aromatic ring is 1. The Morgan fingerprint density at radius 1 is 1.45 bits per heavy atom. The molecule has 0 aliphatic carbocycles. The molecule has 9 heteroatoms. The van der Waals surface area contributed by atoms with Gasteiger partial charge in [-0.2, -0.15) is 0 Å². The van der Waals surface area contributed by atoms with Gasteiger partial charge in [0.15, 0.2) is 0 Å². The number of anilines is 1. The van der Waals surface area contributed by atoms with E-state index in [4.69, 9.17) is 5.73 Å². The van der Waals surface area contributed by atoms with E-state index in [-0.39, 0.29) is 17.1 Å². The normalized spacial score (nSPS) is 16.9. The lowest BCUT2D eigenvalue weighted by atomic mass is 10.2. The van der Waals surface area contributed by atoms with Gasteiger partial charge in [-0.25, -0.2) is 9.99 Å². The van der Waals surface area contributed by atoms with Gasteiger partial charge in [0.05, 0.1) is 4.92 Å². The topological polar surface area (TPSA) is 118 Å². The van der Waals surface area contributed by atoms with E-state index in [1.807, 2.05) is 7.05 Å². The van der Waals surface area contributed by atoms with Crippen LogP contribution in [0.5, 0.6) is 0 Å². The first-order chi connectivity index (χ1) is 9.47. The maximum Gasteiger partial charge on any atom is 0.300 e. The van der Waals surface area contributed by atoms with Crippen molar-refractivity contribution in [1.29, 1.82) is 0 Å². The third kappa shape index (κ3) is 3.19. The minimum atomic E-state index is -0.647. The van der Waals surface area contributed by atoms with Crippen LogP contribution in [0.4, 0.5) is 11.5 Å². The Labute approximate surface area is 115 Å². The molecule has 0 saturated carbocycles. The van der Waals surface area contributed by atoms with E-state index >= 15 is 0 Å². The van der Waals surface area contributed by atoms with Gasteiger partial charge in [-0.3, -0.25) is 20.3 Å². The van der Waals surface area contributed by atoms with Gasteiger partial charge in [-0.15, -0.1) is 0 Å². The first kappa shape index (κ1) is 14.2. The Balaban J connectivity index is 2.12. The van der Waals surface area contributed by atoms with E-state index in [0.29, 0.717) is 13.1 Å². The summed E-state index contributed by atoms with van der Waals surface area (Å²) in [5.74, 6) is -0.477. The minimum Gasteiger partial charge on any atom is -0.384 e. The zero-order valence-corrected chi connectivity index (χ0v) is 11.1. The number of hydrogen-bond donors (Lipinski definition) is 2. The number of carbonyl (C=O) groups is 1. The van der Waals surface area contributed by atoms with E-state index < -0.39 is 10.8 Å². The summed E-state index contributed by atoms with van der Waals surface area (Å²) in [6, 6.07) is 1.21. The summed E-state index contributed by atoms with van der Waals surface area (Å²) in [5, 5.41) is 12.6. The van der Waals surface area contributed by atoms with Crippen molar-refractivity contribution in [1.82, 2.24) is 20.3 Å². The summed E-state index contributed by atoms with van der Waals surface area (Å²) in [4.78, 5) is 28.1. The summed E-state index contributed by atoms with van der Waals surface area (Å²) in [6.07, 6.45) is 0.994. The van der Waals surface area contributed by atoms with Crippen LogP contribution in [0.15, 0.2) is 12.3 Å². The molecule has 0 spiro atoms. The van der Waals surface area contributed by atoms with Crippen LogP contribution < -0.4 is 11.2 Å². The van der Waals surface area contributed by atoms with Crippen LogP contribution in [0, 0.1) is 10.1 Å². The number of rotatable bonds is 3. The number of piperazine rings is 1. The molecular weight excluding hydrogens is 264 g/mol. The second-order valence-electron chi connectivity index (χ2n) is 4.61. The van der Waals surface area contributed by atoms with Crippen LogP contribution in [0.1, 0.15) is 10.4 Å². The third-order valence-electron chi connectivity index (χ3n) is 3.11. The van der Waals surface area contributed by atoms with Crippen molar-refractivity contribution in [2.24, 2.45) is 0 Å². The largest absolute Gasteiger partial charge is 0.384 e. The van der Waals surface area contributed by atoms with Crippen LogP contribution in [-0.4, -0.2) is 58.9 Å². The lowest BCUT2D eigenvalue weighted by Gasteiger charge is -2.32. The van der Waals surface area contributed by atoms with Gasteiger partial charge in [-0.05, 0) is 7.05 Å². The summed E-state index contributed by atoms with van der Waals surface area (Å²) in [7, 11) is 1.99. The molecule has 2 rings (SSSR count). The maximum atomic E-state index is 12.1. The molecule has 9 nitrogen and oxygen atoms in total. The molecule has 0 radical (unpaired) electrons. The number of nitro groups is 1. The predicted octanol–water partition coefficient (Wildman–Crippen LogP) is -0.536. The molecule has 1 aliphatic rings. The Morgan fingerprint density at radius 2 is 2.10 bits per heavy atom. The van der Waals surface area contributed by atoms with Crippen LogP contribution in [0.2, 0.25) is 0 Å². The number of hydrazine groups is 1. The Kier molecular flexibility index (Phi) is 4.11. The molecule has 108 valence electrons. The quantitative estimate of drug-likeness (QED) is 0.564. The van der Waals surface area contributed by atoms with E-state index in [1.165, 1.54) is 6.07 Å². The molecule has 20 heavy (non-hydrogen) atoms. The molecule has 1 saturated heterocycles. The zero-order chi connectivity index (χ0) is 14.7. The minimum absolute atomic E-state index is 0.0686. The highest BCUT2D eigenvalue weighted by atomic mass is 16.6. The lowest BCUT2D eigenvalue weighted by Crippen LogP contribution is -2.52. The molecule has 1 aromatic heterocycles. The molecule has 1 fully saturated rings. The number of hydrogen-bond acceptors (Lipinski definition) is 7. The average molecular weight is 280 g/mol. The van der Waals surface area contributed by atoms with Crippen molar-refractivity contribution in [3.05, 3.63) is 27.9 Å². The highest BCUT2D eigenvalue weighted by molar-refractivity contribution is 5.98. The summed E-state index contributed by atoms with van der Waals surface area (Å²) in [6.45, 7) is 2.97. The van der Waals surface area contributed by atoms with Crippen molar-refractivity contribution >= 4 is 17.4 Å². The molecule has 3 N–H and O–H groups in total. The lowest BCUT2D eigenvalue weighted by molar-refractivity contribution is -0.385. The average Bonchev–Trinajstić information content (AvgIpc) is 2.41. The van der Waals surface area contributed by atoms with Crippen molar-refractivity contribution in [2.75, 3.05) is 39.0 Å². The van der Waals surface area contributed by atoms with E-state index in [0.717, 1.165) is 19.3 Å². The van der Waals surface area contributed by atoms with Gasteiger partial charge >= 0.3 is 0 Å². The van der Waals surface area contributed by atoms with Gasteiger partial charge in [0.2, 0.25) is 0 Å². The fraction of sp³-hybridized carbons (Fsp3) is 0.455. The van der Waals surface area contributed by atoms with Crippen molar-refractivity contribution in [3.63, 3.8) is 0 Å². The van der Waals surface area contributed by atoms with Crippen molar-refractivity contribution < 1.29 is 9.72 Å². The summed E-state index contributed by atoms with van der Waals surface area (Å²) >= 11 is 0. The monoisotopic (exact) mass is 280 g/mol. The molecular formula is C11H16N6O3. The number of aromatic nitrogens is 1. The smallest absolute Gasteiger partial charge is 0.300 e. The number of amides is 1. The second kappa shape index (κ2) is 5.80. The molecule has 0 atom stereocenters. The van der Waals surface area contributed by atoms with Gasteiger partial charge in [0.25, 0.3) is 11.6 Å². The number of pyridine rings is 1. The van der Waals surface area contributed by atoms with Crippen LogP contribution in [-0.2, 0) is 0 Å². The van der Waals surface area contributed by atoms with Gasteiger partial charge in [0.1, 0.15) is 17.6 Å². The molecule has 0 aromatic carbocycles. The number of nitrogens with one attached hydrogen (secondary N) is 1. The summed E-state index contributed by atoms with van der Waals surface area (Å²) < 4.78 is 0. The Hall–Kier alpha value is -2.26. The van der Waals surface area contributed by atoms with E-state index in [9.17, 15) is 14.9 Å². The molecule has 2 heterocycles. The first-order valence-corrected chi connectivity index (χ1v) is 6.12. The van der Waals surface area contributed by atoms with E-state index in [2.05, 4.69) is 15.3 Å². The Bertz CT molecular complexity index is 527. The van der Waals surface area contributed by atoms with Crippen LogP contribution in [0.3, 0.4) is 0 Å². The highest BCUT2D eigenvalue weighted by Crippen LogP contribution is 2.19. The second-order valence-corrected chi connectivity index (χ2v) is 4.61. The molecule has 1 aliphatic heterocycles. The molecule has 1 aromatic rings. The van der Waals surface area contributed by atoms with E-state index in [1.54, 1.807) is 5.01 Å². The number of carbonyl (C=O) groups excluding carboxylic acids is 1. The van der Waals surface area contributed by atoms with Gasteiger partial charge < -0.3 is 10.6 Å². The number of likely N-dealkylation sites (N-methyl/N-ethyl adjacent to an activating group) is 1. The van der Waals surface area contributed by atoms with Crippen LogP contribution in [0.25, 0.3) is 0 Å². The first-order valence-electron chi connectivity index (χ1n) is 6.12. The van der Waals surface area contributed by atoms with Crippen molar-refractivity contribution in [3.8, 4) is 0 Å². The maximum absolute atomic E-state index is 12.1. The number of nitrogens with zero attached hydrogens (tertiary/aromatic N) is 4. The predicted molar refractivity (Wildman–Crippen MR) is 71.8 cm³/mol. The highest BCUT2D eigenvalue weighted by Gasteiger charge is 2.23. The van der Waals surface area contributed by atoms with Gasteiger partial charge in [-0.1, -0.05) is 0 Å². The Morgan fingerprint density at radius 3 is 2.70 bits per heavy atom. The van der Waals surface area contributed by atoms with Gasteiger partial charge in [0, 0.05) is 32.2 Å². The number of nitrogens with two attached hydrogens (primary N) is 1. The fourth-order valence-corrected chi connectivity index (χ4v) is 1.91. The third-order valence-corrected chi connectivity index (χ3v) is 3.11. The molecule has 0 bridgehead atoms.